The topological polar surface area (TPSA) is 58.4 Å². The molecule has 1 aromatic carbocycles. The Kier molecular flexibility index (Phi) is 5.53. The van der Waals surface area contributed by atoms with E-state index in [1.807, 2.05) is 35.0 Å². The Bertz CT molecular complexity index is 1050. The number of pyridine rings is 1. The predicted octanol–water partition coefficient (Wildman–Crippen LogP) is 4.18. The van der Waals surface area contributed by atoms with Gasteiger partial charge in [-0.3, -0.25) is 4.98 Å². The summed E-state index contributed by atoms with van der Waals surface area (Å²) in [6.07, 6.45) is 6.37. The molecule has 7 heteroatoms. The molecule has 0 spiro atoms. The number of nitrogens with one attached hydrogen (secondary N) is 1. The van der Waals surface area contributed by atoms with E-state index in [1.165, 1.54) is 5.56 Å². The molecule has 4 aromatic rings. The van der Waals surface area contributed by atoms with Gasteiger partial charge in [0, 0.05) is 38.6 Å². The fourth-order valence-corrected chi connectivity index (χ4v) is 3.34. The van der Waals surface area contributed by atoms with Crippen LogP contribution in [0.15, 0.2) is 71.6 Å². The standard InChI is InChI=1S/C21H21BrN6/c1-27(11-9-16-6-3-2-4-7-16)20-12-19(24-14-17-8-5-10-23-13-17)28-21(26-20)18(22)15-25-28/h2-8,10,12-13,15,24H,9,11,14H2,1H3. The molecular formula is C21H21BrN6. The van der Waals surface area contributed by atoms with E-state index >= 15 is 0 Å². The van der Waals surface area contributed by atoms with Crippen molar-refractivity contribution in [2.75, 3.05) is 23.8 Å². The molecule has 0 unspecified atom stereocenters. The van der Waals surface area contributed by atoms with E-state index in [9.17, 15) is 0 Å². The van der Waals surface area contributed by atoms with Crippen LogP contribution in [-0.4, -0.2) is 33.2 Å². The van der Waals surface area contributed by atoms with Crippen LogP contribution in [0.4, 0.5) is 11.6 Å². The number of aromatic nitrogens is 4. The van der Waals surface area contributed by atoms with Crippen molar-refractivity contribution in [1.29, 1.82) is 0 Å². The third kappa shape index (κ3) is 4.14. The summed E-state index contributed by atoms with van der Waals surface area (Å²) in [5, 5.41) is 7.89. The number of fused-ring (bicyclic) bond motifs is 1. The summed E-state index contributed by atoms with van der Waals surface area (Å²) >= 11 is 3.55. The Morgan fingerprint density at radius 3 is 2.68 bits per heavy atom. The van der Waals surface area contributed by atoms with E-state index in [1.54, 1.807) is 12.4 Å². The lowest BCUT2D eigenvalue weighted by atomic mass is 10.1. The minimum Gasteiger partial charge on any atom is -0.366 e. The number of anilines is 2. The number of halogens is 1. The molecule has 142 valence electrons. The molecule has 28 heavy (non-hydrogen) atoms. The number of nitrogens with zero attached hydrogens (tertiary/aromatic N) is 5. The highest BCUT2D eigenvalue weighted by Crippen LogP contribution is 2.24. The van der Waals surface area contributed by atoms with Crippen LogP contribution in [0, 0.1) is 0 Å². The van der Waals surface area contributed by atoms with E-state index in [0.29, 0.717) is 6.54 Å². The van der Waals surface area contributed by atoms with Gasteiger partial charge in [0.15, 0.2) is 5.65 Å². The lowest BCUT2D eigenvalue weighted by molar-refractivity contribution is 0.849. The van der Waals surface area contributed by atoms with Crippen LogP contribution < -0.4 is 10.2 Å². The molecule has 0 atom stereocenters. The number of rotatable bonds is 7. The van der Waals surface area contributed by atoms with Crippen LogP contribution in [0.1, 0.15) is 11.1 Å². The molecule has 0 saturated heterocycles. The molecule has 3 heterocycles. The minimum atomic E-state index is 0.664. The van der Waals surface area contributed by atoms with E-state index in [4.69, 9.17) is 4.98 Å². The summed E-state index contributed by atoms with van der Waals surface area (Å²) in [4.78, 5) is 11.1. The molecule has 1 N–H and O–H groups in total. The van der Waals surface area contributed by atoms with Crippen molar-refractivity contribution in [3.63, 3.8) is 0 Å². The van der Waals surface area contributed by atoms with Crippen LogP contribution >= 0.6 is 15.9 Å². The minimum absolute atomic E-state index is 0.664. The monoisotopic (exact) mass is 436 g/mol. The summed E-state index contributed by atoms with van der Waals surface area (Å²) < 4.78 is 2.69. The van der Waals surface area contributed by atoms with Gasteiger partial charge in [-0.15, -0.1) is 0 Å². The molecule has 0 aliphatic heterocycles. The maximum atomic E-state index is 4.79. The van der Waals surface area contributed by atoms with Crippen molar-refractivity contribution >= 4 is 33.2 Å². The molecule has 0 aliphatic carbocycles. The van der Waals surface area contributed by atoms with Gasteiger partial charge in [-0.2, -0.15) is 9.61 Å². The summed E-state index contributed by atoms with van der Waals surface area (Å²) in [5.74, 6) is 1.79. The molecule has 0 aliphatic rings. The van der Waals surface area contributed by atoms with Crippen LogP contribution in [0.25, 0.3) is 5.65 Å². The Hall–Kier alpha value is -2.93. The number of hydrogen-bond acceptors (Lipinski definition) is 5. The van der Waals surface area contributed by atoms with Gasteiger partial charge in [0.05, 0.1) is 10.7 Å². The summed E-state index contributed by atoms with van der Waals surface area (Å²) in [6, 6.07) is 16.5. The van der Waals surface area contributed by atoms with Gasteiger partial charge in [-0.25, -0.2) is 4.98 Å². The van der Waals surface area contributed by atoms with Gasteiger partial charge < -0.3 is 10.2 Å². The third-order valence-corrected chi connectivity index (χ3v) is 5.14. The maximum absolute atomic E-state index is 4.79. The second kappa shape index (κ2) is 8.39. The van der Waals surface area contributed by atoms with Crippen LogP contribution in [0.3, 0.4) is 0 Å². The highest BCUT2D eigenvalue weighted by Gasteiger charge is 2.13. The van der Waals surface area contributed by atoms with E-state index < -0.39 is 0 Å². The summed E-state index contributed by atoms with van der Waals surface area (Å²) in [7, 11) is 2.07. The van der Waals surface area contributed by atoms with Gasteiger partial charge in [0.1, 0.15) is 11.6 Å². The second-order valence-electron chi connectivity index (χ2n) is 6.60. The average molecular weight is 437 g/mol. The van der Waals surface area contributed by atoms with Crippen molar-refractivity contribution < 1.29 is 0 Å². The first kappa shape index (κ1) is 18.4. The zero-order valence-electron chi connectivity index (χ0n) is 15.6. The Morgan fingerprint density at radius 1 is 1.07 bits per heavy atom. The van der Waals surface area contributed by atoms with Crippen LogP contribution in [-0.2, 0) is 13.0 Å². The Morgan fingerprint density at radius 2 is 1.89 bits per heavy atom. The number of hydrogen-bond donors (Lipinski definition) is 1. The first-order valence-corrected chi connectivity index (χ1v) is 9.92. The summed E-state index contributed by atoms with van der Waals surface area (Å²) in [5.41, 5.74) is 3.21. The van der Waals surface area contributed by atoms with Gasteiger partial charge in [-0.1, -0.05) is 36.4 Å². The van der Waals surface area contributed by atoms with E-state index in [0.717, 1.165) is 40.3 Å². The molecule has 0 bridgehead atoms. The summed E-state index contributed by atoms with van der Waals surface area (Å²) in [6.45, 7) is 1.54. The number of benzene rings is 1. The molecule has 3 aromatic heterocycles. The lowest BCUT2D eigenvalue weighted by Crippen LogP contribution is -2.22. The third-order valence-electron chi connectivity index (χ3n) is 4.58. The Labute approximate surface area is 172 Å². The zero-order chi connectivity index (χ0) is 19.3. The van der Waals surface area contributed by atoms with Gasteiger partial charge in [0.2, 0.25) is 0 Å². The first-order valence-electron chi connectivity index (χ1n) is 9.13. The fraction of sp³-hybridized carbons (Fsp3) is 0.190. The zero-order valence-corrected chi connectivity index (χ0v) is 17.2. The van der Waals surface area contributed by atoms with Crippen molar-refractivity contribution in [1.82, 2.24) is 19.6 Å². The molecule has 0 amide bonds. The molecule has 0 fully saturated rings. The highest BCUT2D eigenvalue weighted by atomic mass is 79.9. The largest absolute Gasteiger partial charge is 0.366 e. The first-order chi connectivity index (χ1) is 13.7. The molecule has 4 rings (SSSR count). The molecular weight excluding hydrogens is 416 g/mol. The SMILES string of the molecule is CN(CCc1ccccc1)c1cc(NCc2cccnc2)n2ncc(Br)c2n1. The van der Waals surface area contributed by atoms with Crippen molar-refractivity contribution in [3.8, 4) is 0 Å². The van der Waals surface area contributed by atoms with Crippen LogP contribution in [0.5, 0.6) is 0 Å². The quantitative estimate of drug-likeness (QED) is 0.470. The highest BCUT2D eigenvalue weighted by molar-refractivity contribution is 9.10. The maximum Gasteiger partial charge on any atom is 0.173 e. The molecule has 6 nitrogen and oxygen atoms in total. The molecule has 0 saturated carbocycles. The second-order valence-corrected chi connectivity index (χ2v) is 7.45. The van der Waals surface area contributed by atoms with E-state index in [2.05, 4.69) is 67.5 Å². The smallest absolute Gasteiger partial charge is 0.173 e. The van der Waals surface area contributed by atoms with Crippen molar-refractivity contribution in [3.05, 3.63) is 82.7 Å². The van der Waals surface area contributed by atoms with Crippen molar-refractivity contribution in [2.24, 2.45) is 0 Å². The van der Waals surface area contributed by atoms with Gasteiger partial charge in [0.25, 0.3) is 0 Å². The van der Waals surface area contributed by atoms with E-state index in [-0.39, 0.29) is 0 Å². The van der Waals surface area contributed by atoms with Crippen LogP contribution in [0.2, 0.25) is 0 Å². The lowest BCUT2D eigenvalue weighted by Gasteiger charge is -2.20. The van der Waals surface area contributed by atoms with Gasteiger partial charge in [-0.05, 0) is 39.5 Å². The number of likely N-dealkylation sites (N-methyl/N-ethyl adjacent to an activating group) is 1. The fourth-order valence-electron chi connectivity index (χ4n) is 3.00. The Balaban J connectivity index is 1.56. The normalized spacial score (nSPS) is 10.9. The predicted molar refractivity (Wildman–Crippen MR) is 116 cm³/mol. The molecule has 0 radical (unpaired) electrons. The average Bonchev–Trinajstić information content (AvgIpc) is 3.12. The van der Waals surface area contributed by atoms with Gasteiger partial charge >= 0.3 is 0 Å². The van der Waals surface area contributed by atoms with Crippen molar-refractivity contribution in [2.45, 2.75) is 13.0 Å².